The van der Waals surface area contributed by atoms with Gasteiger partial charge in [-0.3, -0.25) is 0 Å². The molecule has 7 heteroatoms. The smallest absolute Gasteiger partial charge is 0.189 e. The maximum Gasteiger partial charge on any atom is 0.466 e. The van der Waals surface area contributed by atoms with Crippen LogP contribution in [0.1, 0.15) is 119 Å². The van der Waals surface area contributed by atoms with Gasteiger partial charge in [-0.05, 0) is 53.4 Å². The topological polar surface area (TPSA) is 68.2 Å². The van der Waals surface area contributed by atoms with Gasteiger partial charge in [-0.1, -0.05) is 65.2 Å². The molecule has 2 N–H and O–H groups in total. The van der Waals surface area contributed by atoms with Crippen LogP contribution in [0, 0.1) is 0 Å². The zero-order valence-corrected chi connectivity index (χ0v) is 21.9. The van der Waals surface area contributed by atoms with Gasteiger partial charge < -0.3 is 0 Å². The summed E-state index contributed by atoms with van der Waals surface area (Å²) in [6.45, 7) is 12.2. The van der Waals surface area contributed by atoms with Gasteiger partial charge in [0.25, 0.3) is 0 Å². The Kier molecular flexibility index (Phi) is 17.6. The van der Waals surface area contributed by atoms with Gasteiger partial charge in [0.15, 0.2) is 0 Å². The van der Waals surface area contributed by atoms with Crippen molar-refractivity contribution in [3.8, 4) is 0 Å². The van der Waals surface area contributed by atoms with Crippen molar-refractivity contribution in [1.29, 1.82) is 0 Å². The van der Waals surface area contributed by atoms with Gasteiger partial charge in [-0.2, -0.15) is 18.8 Å². The molecule has 0 aromatic heterocycles. The first-order chi connectivity index (χ1) is 13.7. The van der Waals surface area contributed by atoms with Crippen molar-refractivity contribution in [3.05, 3.63) is 0 Å². The maximum absolute atomic E-state index is 10.7. The average molecular weight is 457 g/mol. The van der Waals surface area contributed by atoms with E-state index in [1.54, 1.807) is 0 Å². The van der Waals surface area contributed by atoms with Crippen LogP contribution in [-0.2, 0) is 13.4 Å². The van der Waals surface area contributed by atoms with Gasteiger partial charge in [0.1, 0.15) is 24.5 Å². The fourth-order valence-electron chi connectivity index (χ4n) is 3.28. The van der Waals surface area contributed by atoms with Crippen LogP contribution in [0.25, 0.3) is 0 Å². The third-order valence-corrected chi connectivity index (χ3v) is 9.88. The molecule has 0 saturated heterocycles. The molecular weight excluding hydrogens is 406 g/mol. The van der Waals surface area contributed by atoms with Crippen LogP contribution in [0.4, 0.5) is 0 Å². The van der Waals surface area contributed by atoms with Gasteiger partial charge in [0.2, 0.25) is 0 Å². The number of rotatable bonds is 20. The van der Waals surface area contributed by atoms with Crippen molar-refractivity contribution in [3.63, 3.8) is 0 Å². The van der Waals surface area contributed by atoms with E-state index in [-0.39, 0.29) is 12.2 Å². The highest BCUT2D eigenvalue weighted by molar-refractivity contribution is 7.73. The largest absolute Gasteiger partial charge is 0.466 e. The second-order valence-corrected chi connectivity index (χ2v) is 13.2. The Bertz CT molecular complexity index is 368. The minimum absolute atomic E-state index is 0.0868. The van der Waals surface area contributed by atoms with Gasteiger partial charge in [-0.15, -0.1) is 0 Å². The maximum atomic E-state index is 10.7. The molecule has 0 atom stereocenters. The van der Waals surface area contributed by atoms with E-state index in [0.717, 1.165) is 32.1 Å². The monoisotopic (exact) mass is 456 g/mol. The first-order valence-electron chi connectivity index (χ1n) is 12.0. The zero-order valence-electron chi connectivity index (χ0n) is 20.1. The fourth-order valence-corrected chi connectivity index (χ4v) is 8.62. The molecule has 176 valence electrons. The van der Waals surface area contributed by atoms with Crippen LogP contribution in [0.2, 0.25) is 0 Å². The van der Waals surface area contributed by atoms with E-state index in [1.807, 2.05) is 27.7 Å². The second-order valence-electron chi connectivity index (χ2n) is 8.65. The summed E-state index contributed by atoms with van der Waals surface area (Å²) in [7, 11) is -6.30. The minimum atomic E-state index is -3.50. The molecule has 0 fully saturated rings. The van der Waals surface area contributed by atoms with Gasteiger partial charge in [-0.25, -0.2) is 0 Å². The first-order valence-corrected chi connectivity index (χ1v) is 15.5. The summed E-state index contributed by atoms with van der Waals surface area (Å²) in [6, 6.07) is 0. The molecule has 0 aliphatic rings. The zero-order chi connectivity index (χ0) is 22.2. The molecule has 0 radical (unpaired) electrons. The van der Waals surface area contributed by atoms with Gasteiger partial charge >= 0.3 is 15.9 Å². The Hall–Kier alpha value is 0.660. The Morgan fingerprint density at radius 1 is 0.586 bits per heavy atom. The van der Waals surface area contributed by atoms with Crippen molar-refractivity contribution in [2.75, 3.05) is 12.3 Å². The van der Waals surface area contributed by atoms with Crippen molar-refractivity contribution < 1.29 is 23.1 Å². The van der Waals surface area contributed by atoms with E-state index in [4.69, 9.17) is 13.4 Å². The van der Waals surface area contributed by atoms with Crippen LogP contribution in [-0.4, -0.2) is 34.3 Å². The third-order valence-electron chi connectivity index (χ3n) is 4.59. The van der Waals surface area contributed by atoms with Crippen LogP contribution < -0.4 is 0 Å². The lowest BCUT2D eigenvalue weighted by Gasteiger charge is -2.25. The lowest BCUT2D eigenvalue weighted by molar-refractivity contribution is 0.116. The summed E-state index contributed by atoms with van der Waals surface area (Å²) in [6.07, 6.45) is 14.3. The minimum Gasteiger partial charge on any atom is -0.189 e. The van der Waals surface area contributed by atoms with Crippen molar-refractivity contribution in [2.45, 2.75) is 131 Å². The van der Waals surface area contributed by atoms with E-state index < -0.39 is 15.9 Å². The molecule has 0 spiro atoms. The quantitative estimate of drug-likeness (QED) is 0.143. The van der Waals surface area contributed by atoms with E-state index in [9.17, 15) is 9.79 Å². The first kappa shape index (κ1) is 29.7. The normalized spacial score (nSPS) is 13.0. The molecule has 29 heavy (non-hydrogen) atoms. The SMILES string of the molecule is CCCCCCCC[P+](O)(O)O[P+](CCCCCCCC)(OC(C)C)OC(C)C. The fraction of sp³-hybridized carbons (Fsp3) is 1.00. The highest BCUT2D eigenvalue weighted by Gasteiger charge is 2.59. The summed E-state index contributed by atoms with van der Waals surface area (Å²) < 4.78 is 18.3. The standard InChI is InChI=1S/C22H50O5P2/c1-7-9-11-13-15-17-19-28(23,24)27-29(25-21(3)4,26-22(5)6)20-18-16-14-12-10-8-2/h21-24H,7-20H2,1-6H3/q+2. The lowest BCUT2D eigenvalue weighted by Crippen LogP contribution is -2.19. The molecule has 0 rings (SSSR count). The molecule has 0 unspecified atom stereocenters. The van der Waals surface area contributed by atoms with E-state index in [2.05, 4.69) is 13.8 Å². The summed E-state index contributed by atoms with van der Waals surface area (Å²) >= 11 is 0. The molecule has 0 bridgehead atoms. The molecular formula is C22H50O5P2+2. The van der Waals surface area contributed by atoms with Crippen LogP contribution >= 0.6 is 15.9 Å². The van der Waals surface area contributed by atoms with Crippen molar-refractivity contribution >= 4 is 15.9 Å². The predicted octanol–water partition coefficient (Wildman–Crippen LogP) is 8.08. The second kappa shape index (κ2) is 17.2. The van der Waals surface area contributed by atoms with E-state index in [0.29, 0.717) is 12.3 Å². The van der Waals surface area contributed by atoms with E-state index in [1.165, 1.54) is 44.9 Å². The Balaban J connectivity index is 4.85. The molecule has 0 aliphatic carbocycles. The Labute approximate surface area is 182 Å². The van der Waals surface area contributed by atoms with Crippen LogP contribution in [0.3, 0.4) is 0 Å². The number of unbranched alkanes of at least 4 members (excludes halogenated alkanes) is 10. The van der Waals surface area contributed by atoms with Gasteiger partial charge in [0, 0.05) is 4.31 Å². The molecule has 0 amide bonds. The summed E-state index contributed by atoms with van der Waals surface area (Å²) in [5, 5.41) is 0. The Morgan fingerprint density at radius 3 is 1.38 bits per heavy atom. The number of hydrogen-bond donors (Lipinski definition) is 2. The highest BCUT2D eigenvalue weighted by atomic mass is 31.3. The molecule has 5 nitrogen and oxygen atoms in total. The summed E-state index contributed by atoms with van der Waals surface area (Å²) in [5.41, 5.74) is 0. The number of hydrogen-bond acceptors (Lipinski definition) is 5. The Morgan fingerprint density at radius 2 is 0.966 bits per heavy atom. The summed E-state index contributed by atoms with van der Waals surface area (Å²) in [5.74, 6) is 0. The van der Waals surface area contributed by atoms with Crippen LogP contribution in [0.5, 0.6) is 0 Å². The summed E-state index contributed by atoms with van der Waals surface area (Å²) in [4.78, 5) is 21.3. The molecule has 0 saturated carbocycles. The third kappa shape index (κ3) is 17.0. The average Bonchev–Trinajstić information content (AvgIpc) is 2.59. The lowest BCUT2D eigenvalue weighted by atomic mass is 10.1. The van der Waals surface area contributed by atoms with Crippen LogP contribution in [0.15, 0.2) is 0 Å². The van der Waals surface area contributed by atoms with Crippen molar-refractivity contribution in [2.24, 2.45) is 0 Å². The highest BCUT2D eigenvalue weighted by Crippen LogP contribution is 2.75. The predicted molar refractivity (Wildman–Crippen MR) is 128 cm³/mol. The molecule has 0 heterocycles. The molecule has 0 aromatic carbocycles. The van der Waals surface area contributed by atoms with Crippen molar-refractivity contribution in [1.82, 2.24) is 0 Å². The molecule has 0 aliphatic heterocycles. The molecule has 0 aromatic rings. The van der Waals surface area contributed by atoms with Gasteiger partial charge in [0.05, 0.1) is 0 Å². The van der Waals surface area contributed by atoms with E-state index >= 15 is 0 Å².